The molecule has 2 saturated heterocycles. The first kappa shape index (κ1) is 25.5. The number of rotatable bonds is 3. The molecule has 0 radical (unpaired) electrons. The Morgan fingerprint density at radius 2 is 1.83 bits per heavy atom. The summed E-state index contributed by atoms with van der Waals surface area (Å²) in [6.45, 7) is 2.89. The maximum absolute atomic E-state index is 13.8. The summed E-state index contributed by atoms with van der Waals surface area (Å²) in [5, 5.41) is 0. The van der Waals surface area contributed by atoms with Gasteiger partial charge in [-0.2, -0.15) is 13.2 Å². The van der Waals surface area contributed by atoms with Crippen LogP contribution in [-0.2, 0) is 37.1 Å². The van der Waals surface area contributed by atoms with Gasteiger partial charge < -0.3 is 14.5 Å². The SMILES string of the molecule is CC1C2Cc3ccc(S(C)(=O)=O)cc3CN2C(=O)[C@]12CC[C@@H](N(C(=O)C(F)(F)F)C1CCOCC1)C2. The molecule has 4 aliphatic rings. The molecular formula is C25H31F3N2O5S. The van der Waals surface area contributed by atoms with E-state index in [1.165, 1.54) is 0 Å². The van der Waals surface area contributed by atoms with Crippen molar-refractivity contribution in [2.24, 2.45) is 11.3 Å². The number of carbonyl (C=O) groups excluding carboxylic acids is 2. The van der Waals surface area contributed by atoms with Gasteiger partial charge in [-0.25, -0.2) is 8.42 Å². The molecule has 1 aromatic carbocycles. The van der Waals surface area contributed by atoms with E-state index in [2.05, 4.69) is 0 Å². The fraction of sp³-hybridized carbons (Fsp3) is 0.680. The van der Waals surface area contributed by atoms with Crippen LogP contribution in [0.2, 0.25) is 0 Å². The normalized spacial score (nSPS) is 31.0. The van der Waals surface area contributed by atoms with E-state index in [0.717, 1.165) is 22.3 Å². The van der Waals surface area contributed by atoms with Crippen LogP contribution >= 0.6 is 0 Å². The molecule has 7 nitrogen and oxygen atoms in total. The average Bonchev–Trinajstić information content (AvgIpc) is 3.34. The van der Waals surface area contributed by atoms with Crippen molar-refractivity contribution in [1.29, 1.82) is 0 Å². The van der Waals surface area contributed by atoms with Crippen molar-refractivity contribution in [3.63, 3.8) is 0 Å². The number of alkyl halides is 3. The second-order valence-electron chi connectivity index (χ2n) is 10.8. The average molecular weight is 529 g/mol. The molecule has 2 unspecified atom stereocenters. The van der Waals surface area contributed by atoms with Gasteiger partial charge in [0.05, 0.1) is 10.3 Å². The number of fused-ring (bicyclic) bond motifs is 2. The first-order valence-corrected chi connectivity index (χ1v) is 14.3. The first-order valence-electron chi connectivity index (χ1n) is 12.4. The van der Waals surface area contributed by atoms with Crippen LogP contribution in [-0.4, -0.2) is 73.8 Å². The van der Waals surface area contributed by atoms with Gasteiger partial charge in [0.25, 0.3) is 0 Å². The molecule has 198 valence electrons. The minimum Gasteiger partial charge on any atom is -0.381 e. The third-order valence-electron chi connectivity index (χ3n) is 8.89. The summed E-state index contributed by atoms with van der Waals surface area (Å²) in [6.07, 6.45) is -1.57. The summed E-state index contributed by atoms with van der Waals surface area (Å²) in [5.74, 6) is -2.02. The van der Waals surface area contributed by atoms with Crippen LogP contribution < -0.4 is 0 Å². The van der Waals surface area contributed by atoms with Gasteiger partial charge in [-0.15, -0.1) is 0 Å². The van der Waals surface area contributed by atoms with Crippen molar-refractivity contribution in [2.75, 3.05) is 19.5 Å². The summed E-state index contributed by atoms with van der Waals surface area (Å²) in [7, 11) is -3.39. The summed E-state index contributed by atoms with van der Waals surface area (Å²) < 4.78 is 70.2. The maximum Gasteiger partial charge on any atom is 0.471 e. The largest absolute Gasteiger partial charge is 0.471 e. The monoisotopic (exact) mass is 528 g/mol. The Bertz CT molecular complexity index is 1180. The highest BCUT2D eigenvalue weighted by molar-refractivity contribution is 7.90. The third-order valence-corrected chi connectivity index (χ3v) is 10.00. The van der Waals surface area contributed by atoms with Gasteiger partial charge in [0.1, 0.15) is 0 Å². The molecule has 2 amide bonds. The molecule has 0 N–H and O–H groups in total. The number of benzene rings is 1. The van der Waals surface area contributed by atoms with E-state index in [4.69, 9.17) is 4.74 Å². The number of hydrogen-bond acceptors (Lipinski definition) is 5. The fourth-order valence-electron chi connectivity index (χ4n) is 6.97. The minimum atomic E-state index is -4.98. The van der Waals surface area contributed by atoms with E-state index in [-0.39, 0.29) is 35.7 Å². The Morgan fingerprint density at radius 3 is 2.47 bits per heavy atom. The van der Waals surface area contributed by atoms with Gasteiger partial charge in [0, 0.05) is 44.1 Å². The fourth-order valence-corrected chi connectivity index (χ4v) is 7.64. The van der Waals surface area contributed by atoms with E-state index < -0.39 is 39.4 Å². The van der Waals surface area contributed by atoms with Crippen LogP contribution in [0.3, 0.4) is 0 Å². The van der Waals surface area contributed by atoms with Gasteiger partial charge in [-0.05, 0) is 67.7 Å². The van der Waals surface area contributed by atoms with E-state index >= 15 is 0 Å². The predicted octanol–water partition coefficient (Wildman–Crippen LogP) is 3.10. The van der Waals surface area contributed by atoms with E-state index in [0.29, 0.717) is 45.3 Å². The van der Waals surface area contributed by atoms with Crippen molar-refractivity contribution >= 4 is 21.7 Å². The standard InChI is InChI=1S/C25H31F3N2O5S/c1-15-21-12-16-3-4-20(36(2,33)34)11-17(16)14-29(21)22(31)24(15)8-5-19(13-24)30(23(32)25(26,27)28)18-6-9-35-10-7-18/h3-4,11,15,18-19,21H,5-10,12-14H2,1-2H3/t15?,19-,21?,24+/m1/s1. The van der Waals surface area contributed by atoms with Gasteiger partial charge >= 0.3 is 12.1 Å². The molecule has 1 aromatic rings. The molecule has 1 saturated carbocycles. The highest BCUT2D eigenvalue weighted by atomic mass is 32.2. The van der Waals surface area contributed by atoms with E-state index in [9.17, 15) is 31.2 Å². The second kappa shape index (κ2) is 8.72. The van der Waals surface area contributed by atoms with Crippen molar-refractivity contribution in [2.45, 2.75) is 81.2 Å². The van der Waals surface area contributed by atoms with Crippen LogP contribution in [0.4, 0.5) is 13.2 Å². The molecule has 36 heavy (non-hydrogen) atoms. The Labute approximate surface area is 208 Å². The molecule has 3 fully saturated rings. The zero-order valence-corrected chi connectivity index (χ0v) is 21.2. The number of halogens is 3. The Kier molecular flexibility index (Phi) is 6.18. The highest BCUT2D eigenvalue weighted by Crippen LogP contribution is 2.56. The molecule has 4 atom stereocenters. The minimum absolute atomic E-state index is 0.0932. The van der Waals surface area contributed by atoms with Crippen LogP contribution in [0.25, 0.3) is 0 Å². The number of nitrogens with zero attached hydrogens (tertiary/aromatic N) is 2. The molecule has 1 spiro atoms. The second-order valence-corrected chi connectivity index (χ2v) is 12.8. The molecule has 3 heterocycles. The molecule has 11 heteroatoms. The van der Waals surface area contributed by atoms with E-state index in [1.807, 2.05) is 6.92 Å². The van der Waals surface area contributed by atoms with Crippen LogP contribution in [0.1, 0.15) is 50.2 Å². The number of sulfone groups is 1. The lowest BCUT2D eigenvalue weighted by atomic mass is 9.73. The van der Waals surface area contributed by atoms with Gasteiger partial charge in [-0.1, -0.05) is 13.0 Å². The Morgan fingerprint density at radius 1 is 1.14 bits per heavy atom. The first-order chi connectivity index (χ1) is 16.8. The number of carbonyl (C=O) groups is 2. The lowest BCUT2D eigenvalue weighted by Crippen LogP contribution is -2.53. The van der Waals surface area contributed by atoms with Gasteiger partial charge in [0.15, 0.2) is 9.84 Å². The molecule has 1 aliphatic carbocycles. The van der Waals surface area contributed by atoms with Crippen molar-refractivity contribution in [3.05, 3.63) is 29.3 Å². The summed E-state index contributed by atoms with van der Waals surface area (Å²) >= 11 is 0. The van der Waals surface area contributed by atoms with E-state index in [1.54, 1.807) is 23.1 Å². The number of amides is 2. The van der Waals surface area contributed by atoms with Gasteiger partial charge in [-0.3, -0.25) is 9.59 Å². The maximum atomic E-state index is 13.8. The summed E-state index contributed by atoms with van der Waals surface area (Å²) in [4.78, 5) is 29.4. The zero-order valence-electron chi connectivity index (χ0n) is 20.4. The molecule has 0 bridgehead atoms. The summed E-state index contributed by atoms with van der Waals surface area (Å²) in [6, 6.07) is 3.69. The molecule has 0 aromatic heterocycles. The van der Waals surface area contributed by atoms with Crippen molar-refractivity contribution in [3.8, 4) is 0 Å². The third kappa shape index (κ3) is 4.12. The van der Waals surface area contributed by atoms with Gasteiger partial charge in [0.2, 0.25) is 5.91 Å². The Hall–Kier alpha value is -2.14. The smallest absolute Gasteiger partial charge is 0.381 e. The predicted molar refractivity (Wildman–Crippen MR) is 124 cm³/mol. The zero-order chi connectivity index (χ0) is 26.0. The van der Waals surface area contributed by atoms with Crippen LogP contribution in [0, 0.1) is 11.3 Å². The number of ether oxygens (including phenoxy) is 1. The summed E-state index contributed by atoms with van der Waals surface area (Å²) in [5.41, 5.74) is 0.954. The lowest BCUT2D eigenvalue weighted by Gasteiger charge is -2.39. The topological polar surface area (TPSA) is 84.0 Å². The Balaban J connectivity index is 1.42. The number of hydrogen-bond donors (Lipinski definition) is 0. The molecular weight excluding hydrogens is 497 g/mol. The highest BCUT2D eigenvalue weighted by Gasteiger charge is 2.62. The van der Waals surface area contributed by atoms with Crippen LogP contribution in [0.5, 0.6) is 0 Å². The van der Waals surface area contributed by atoms with Crippen molar-refractivity contribution < 1.29 is 35.9 Å². The quantitative estimate of drug-likeness (QED) is 0.602. The molecule has 5 rings (SSSR count). The molecule has 3 aliphatic heterocycles. The van der Waals surface area contributed by atoms with Crippen LogP contribution in [0.15, 0.2) is 23.1 Å². The lowest BCUT2D eigenvalue weighted by molar-refractivity contribution is -0.192. The van der Waals surface area contributed by atoms with Crippen molar-refractivity contribution in [1.82, 2.24) is 9.80 Å².